The van der Waals surface area contributed by atoms with Crippen molar-refractivity contribution < 1.29 is 23.9 Å². The molecule has 0 radical (unpaired) electrons. The normalized spacial score (nSPS) is 10.6. The first-order valence-electron chi connectivity index (χ1n) is 11.8. The number of hydrogen-bond acceptors (Lipinski definition) is 6. The molecule has 9 nitrogen and oxygen atoms in total. The van der Waals surface area contributed by atoms with Gasteiger partial charge in [0.25, 0.3) is 5.91 Å². The Hall–Kier alpha value is -4.66. The van der Waals surface area contributed by atoms with Crippen molar-refractivity contribution in [3.8, 4) is 11.5 Å². The molecule has 3 N–H and O–H groups in total. The molecule has 0 aromatic heterocycles. The Morgan fingerprint density at radius 1 is 0.838 bits per heavy atom. The third kappa shape index (κ3) is 8.21. The Morgan fingerprint density at radius 2 is 1.54 bits per heavy atom. The summed E-state index contributed by atoms with van der Waals surface area (Å²) in [7, 11) is 0. The van der Waals surface area contributed by atoms with Gasteiger partial charge >= 0.3 is 11.8 Å². The zero-order chi connectivity index (χ0) is 26.6. The Labute approximate surface area is 215 Å². The van der Waals surface area contributed by atoms with Crippen LogP contribution in [0.25, 0.3) is 0 Å². The number of amides is 3. The Morgan fingerprint density at radius 3 is 2.24 bits per heavy atom. The molecule has 192 valence electrons. The molecule has 0 spiro atoms. The molecule has 3 amide bonds. The number of carbonyl (C=O) groups is 3. The molecular weight excluding hydrogens is 472 g/mol. The third-order valence-electron chi connectivity index (χ3n) is 5.18. The molecule has 0 saturated heterocycles. The van der Waals surface area contributed by atoms with E-state index in [1.165, 1.54) is 6.21 Å². The first-order chi connectivity index (χ1) is 17.9. The molecule has 0 heterocycles. The summed E-state index contributed by atoms with van der Waals surface area (Å²) in [5, 5.41) is 9.21. The molecule has 0 aliphatic rings. The molecule has 0 aliphatic carbocycles. The Kier molecular flexibility index (Phi) is 9.78. The fourth-order valence-corrected chi connectivity index (χ4v) is 3.30. The smallest absolute Gasteiger partial charge is 0.329 e. The van der Waals surface area contributed by atoms with Gasteiger partial charge in [0.2, 0.25) is 0 Å². The molecule has 0 saturated carbocycles. The van der Waals surface area contributed by atoms with E-state index in [0.717, 1.165) is 23.2 Å². The summed E-state index contributed by atoms with van der Waals surface area (Å²) < 4.78 is 11.2. The number of nitrogens with one attached hydrogen (secondary N) is 3. The van der Waals surface area contributed by atoms with E-state index >= 15 is 0 Å². The van der Waals surface area contributed by atoms with Crippen LogP contribution in [-0.2, 0) is 14.4 Å². The van der Waals surface area contributed by atoms with Crippen LogP contribution in [0.5, 0.6) is 11.5 Å². The zero-order valence-corrected chi connectivity index (χ0v) is 21.0. The predicted molar refractivity (Wildman–Crippen MR) is 143 cm³/mol. The maximum Gasteiger partial charge on any atom is 0.329 e. The van der Waals surface area contributed by atoms with Gasteiger partial charge in [0.05, 0.1) is 12.8 Å². The van der Waals surface area contributed by atoms with E-state index in [9.17, 15) is 14.4 Å². The van der Waals surface area contributed by atoms with Crippen LogP contribution in [0.15, 0.2) is 71.8 Å². The van der Waals surface area contributed by atoms with Crippen molar-refractivity contribution in [2.24, 2.45) is 5.10 Å². The summed E-state index contributed by atoms with van der Waals surface area (Å²) in [6, 6.07) is 19.4. The first kappa shape index (κ1) is 26.9. The van der Waals surface area contributed by atoms with Crippen LogP contribution in [-0.4, -0.2) is 37.1 Å². The number of para-hydroxylation sites is 2. The number of aryl methyl sites for hydroxylation is 2. The van der Waals surface area contributed by atoms with Gasteiger partial charge in [0, 0.05) is 16.9 Å². The van der Waals surface area contributed by atoms with Crippen LogP contribution in [0.4, 0.5) is 11.4 Å². The van der Waals surface area contributed by atoms with Gasteiger partial charge in [-0.1, -0.05) is 37.3 Å². The predicted octanol–water partition coefficient (Wildman–Crippen LogP) is 4.20. The van der Waals surface area contributed by atoms with E-state index in [0.29, 0.717) is 29.4 Å². The summed E-state index contributed by atoms with van der Waals surface area (Å²) in [6.07, 6.45) is 2.22. The van der Waals surface area contributed by atoms with Crippen LogP contribution < -0.4 is 25.5 Å². The van der Waals surface area contributed by atoms with Gasteiger partial charge in [0.15, 0.2) is 6.61 Å². The van der Waals surface area contributed by atoms with Crippen molar-refractivity contribution in [2.45, 2.75) is 27.2 Å². The fraction of sp³-hybridized carbons (Fsp3) is 0.214. The number of benzene rings is 3. The number of hydrogen-bond donors (Lipinski definition) is 3. The van der Waals surface area contributed by atoms with Gasteiger partial charge in [-0.3, -0.25) is 14.4 Å². The summed E-state index contributed by atoms with van der Waals surface area (Å²) in [5.41, 5.74) is 5.83. The van der Waals surface area contributed by atoms with Gasteiger partial charge in [-0.15, -0.1) is 0 Å². The topological polar surface area (TPSA) is 118 Å². The maximum atomic E-state index is 12.4. The minimum Gasteiger partial charge on any atom is -0.494 e. The maximum absolute atomic E-state index is 12.4. The van der Waals surface area contributed by atoms with E-state index in [-0.39, 0.29) is 12.5 Å². The number of rotatable bonds is 10. The minimum atomic E-state index is -0.936. The monoisotopic (exact) mass is 502 g/mol. The minimum absolute atomic E-state index is 0.213. The van der Waals surface area contributed by atoms with Crippen molar-refractivity contribution >= 4 is 35.3 Å². The number of ether oxygens (including phenoxy) is 2. The zero-order valence-electron chi connectivity index (χ0n) is 21.0. The van der Waals surface area contributed by atoms with Gasteiger partial charge in [0.1, 0.15) is 11.5 Å². The summed E-state index contributed by atoms with van der Waals surface area (Å²) >= 11 is 0. The molecule has 0 atom stereocenters. The SMILES string of the molecule is CCCOc1ccc(NC(=O)C(=O)N/N=C\c2ccccc2OCC(=O)Nc2c(C)cccc2C)cc1. The van der Waals surface area contributed by atoms with Crippen LogP contribution >= 0.6 is 0 Å². The van der Waals surface area contributed by atoms with Gasteiger partial charge in [-0.25, -0.2) is 5.43 Å². The van der Waals surface area contributed by atoms with E-state index in [1.807, 2.05) is 39.0 Å². The van der Waals surface area contributed by atoms with Crippen molar-refractivity contribution in [1.29, 1.82) is 0 Å². The van der Waals surface area contributed by atoms with Crippen LogP contribution in [0.1, 0.15) is 30.0 Å². The number of anilines is 2. The standard InChI is InChI=1S/C28H30N4O5/c1-4-16-36-23-14-12-22(13-15-23)30-27(34)28(35)32-29-17-21-10-5-6-11-24(21)37-18-25(33)31-26-19(2)8-7-9-20(26)3/h5-15,17H,4,16,18H2,1-3H3,(H,30,34)(H,31,33)(H,32,35)/b29-17-. The lowest BCUT2D eigenvalue weighted by atomic mass is 10.1. The van der Waals surface area contributed by atoms with Gasteiger partial charge in [-0.2, -0.15) is 5.10 Å². The average molecular weight is 503 g/mol. The second-order valence-corrected chi connectivity index (χ2v) is 8.17. The number of nitrogens with zero attached hydrogens (tertiary/aromatic N) is 1. The first-order valence-corrected chi connectivity index (χ1v) is 11.8. The lowest BCUT2D eigenvalue weighted by Gasteiger charge is -2.13. The van der Waals surface area contributed by atoms with Crippen LogP contribution in [0, 0.1) is 13.8 Å². The summed E-state index contributed by atoms with van der Waals surface area (Å²) in [6.45, 7) is 6.23. The molecular formula is C28H30N4O5. The summed E-state index contributed by atoms with van der Waals surface area (Å²) in [5.74, 6) is -1.04. The van der Waals surface area contributed by atoms with Gasteiger partial charge in [-0.05, 0) is 67.8 Å². The number of carbonyl (C=O) groups excluding carboxylic acids is 3. The molecule has 0 fully saturated rings. The fourth-order valence-electron chi connectivity index (χ4n) is 3.30. The number of hydrazone groups is 1. The Bertz CT molecular complexity index is 1250. The third-order valence-corrected chi connectivity index (χ3v) is 5.18. The van der Waals surface area contributed by atoms with Crippen LogP contribution in [0.2, 0.25) is 0 Å². The highest BCUT2D eigenvalue weighted by Crippen LogP contribution is 2.20. The molecule has 0 aliphatic heterocycles. The van der Waals surface area contributed by atoms with Gasteiger partial charge < -0.3 is 20.1 Å². The molecule has 9 heteroatoms. The second-order valence-electron chi connectivity index (χ2n) is 8.17. The lowest BCUT2D eigenvalue weighted by molar-refractivity contribution is -0.136. The summed E-state index contributed by atoms with van der Waals surface area (Å²) in [4.78, 5) is 36.7. The highest BCUT2D eigenvalue weighted by molar-refractivity contribution is 6.39. The van der Waals surface area contributed by atoms with Crippen molar-refractivity contribution in [3.05, 3.63) is 83.4 Å². The quantitative estimate of drug-likeness (QED) is 0.218. The lowest BCUT2D eigenvalue weighted by Crippen LogP contribution is -2.32. The highest BCUT2D eigenvalue weighted by Gasteiger charge is 2.13. The molecule has 3 aromatic carbocycles. The van der Waals surface area contributed by atoms with E-state index in [1.54, 1.807) is 48.5 Å². The average Bonchev–Trinajstić information content (AvgIpc) is 2.89. The van der Waals surface area contributed by atoms with E-state index < -0.39 is 11.8 Å². The van der Waals surface area contributed by atoms with Crippen molar-refractivity contribution in [1.82, 2.24) is 5.43 Å². The van der Waals surface area contributed by atoms with Crippen LogP contribution in [0.3, 0.4) is 0 Å². The van der Waals surface area contributed by atoms with E-state index in [2.05, 4.69) is 21.2 Å². The van der Waals surface area contributed by atoms with Crippen molar-refractivity contribution in [2.75, 3.05) is 23.8 Å². The highest BCUT2D eigenvalue weighted by atomic mass is 16.5. The second kappa shape index (κ2) is 13.4. The molecule has 0 unspecified atom stereocenters. The molecule has 3 aromatic rings. The van der Waals surface area contributed by atoms with Crippen molar-refractivity contribution in [3.63, 3.8) is 0 Å². The molecule has 3 rings (SSSR count). The Balaban J connectivity index is 1.51. The molecule has 0 bridgehead atoms. The molecule has 37 heavy (non-hydrogen) atoms. The largest absolute Gasteiger partial charge is 0.494 e. The van der Waals surface area contributed by atoms with E-state index in [4.69, 9.17) is 9.47 Å².